The summed E-state index contributed by atoms with van der Waals surface area (Å²) in [6.07, 6.45) is 3.39. The molecule has 0 aliphatic carbocycles. The number of pyridine rings is 1. The zero-order chi connectivity index (χ0) is 14.7. The standard InChI is InChI=1S/C13H20N4O3/c1-15(2)10-4-6-16(7-5-10)13-12(20-3)8-11(9-14-13)17(18)19/h8-10H,4-7H2,1-3H3. The quantitative estimate of drug-likeness (QED) is 0.615. The molecule has 1 aromatic rings. The maximum Gasteiger partial charge on any atom is 0.291 e. The average Bonchev–Trinajstić information content (AvgIpc) is 2.46. The summed E-state index contributed by atoms with van der Waals surface area (Å²) in [4.78, 5) is 18.9. The molecule has 0 amide bonds. The van der Waals surface area contributed by atoms with Crippen LogP contribution >= 0.6 is 0 Å². The summed E-state index contributed by atoms with van der Waals surface area (Å²) in [6, 6.07) is 2.01. The zero-order valence-corrected chi connectivity index (χ0v) is 12.1. The number of aromatic nitrogens is 1. The Hall–Kier alpha value is -1.89. The van der Waals surface area contributed by atoms with Gasteiger partial charge < -0.3 is 14.5 Å². The molecule has 110 valence electrons. The summed E-state index contributed by atoms with van der Waals surface area (Å²) in [6.45, 7) is 1.76. The highest BCUT2D eigenvalue weighted by molar-refractivity contribution is 5.56. The van der Waals surface area contributed by atoms with Crippen molar-refractivity contribution in [3.63, 3.8) is 0 Å². The Morgan fingerprint density at radius 1 is 1.45 bits per heavy atom. The van der Waals surface area contributed by atoms with E-state index in [2.05, 4.69) is 28.9 Å². The van der Waals surface area contributed by atoms with Crippen LogP contribution in [0.1, 0.15) is 12.8 Å². The lowest BCUT2D eigenvalue weighted by molar-refractivity contribution is -0.385. The second-order valence-electron chi connectivity index (χ2n) is 5.16. The maximum atomic E-state index is 10.8. The molecule has 0 spiro atoms. The Morgan fingerprint density at radius 2 is 2.10 bits per heavy atom. The van der Waals surface area contributed by atoms with Gasteiger partial charge in [0.15, 0.2) is 11.6 Å². The van der Waals surface area contributed by atoms with Gasteiger partial charge in [-0.2, -0.15) is 0 Å². The Kier molecular flexibility index (Phi) is 4.39. The minimum atomic E-state index is -0.461. The van der Waals surface area contributed by atoms with E-state index in [0.29, 0.717) is 17.6 Å². The van der Waals surface area contributed by atoms with Crippen molar-refractivity contribution in [2.45, 2.75) is 18.9 Å². The SMILES string of the molecule is COc1cc([N+](=O)[O-])cnc1N1CCC(N(C)C)CC1. The van der Waals surface area contributed by atoms with Crippen molar-refractivity contribution < 1.29 is 9.66 Å². The van der Waals surface area contributed by atoms with E-state index in [-0.39, 0.29) is 5.69 Å². The predicted octanol–water partition coefficient (Wildman–Crippen LogP) is 1.53. The molecular weight excluding hydrogens is 260 g/mol. The molecular formula is C13H20N4O3. The van der Waals surface area contributed by atoms with Crippen molar-refractivity contribution >= 4 is 11.5 Å². The molecule has 1 fully saturated rings. The van der Waals surface area contributed by atoms with E-state index < -0.39 is 4.92 Å². The second kappa shape index (κ2) is 6.04. The van der Waals surface area contributed by atoms with Gasteiger partial charge >= 0.3 is 0 Å². The smallest absolute Gasteiger partial charge is 0.291 e. The molecule has 1 aliphatic heterocycles. The Balaban J connectivity index is 2.15. The maximum absolute atomic E-state index is 10.8. The van der Waals surface area contributed by atoms with E-state index in [4.69, 9.17) is 4.74 Å². The van der Waals surface area contributed by atoms with Gasteiger partial charge in [0.25, 0.3) is 5.69 Å². The van der Waals surface area contributed by atoms with Gasteiger partial charge in [0.1, 0.15) is 6.20 Å². The second-order valence-corrected chi connectivity index (χ2v) is 5.16. The molecule has 1 aromatic heterocycles. The van der Waals surface area contributed by atoms with Gasteiger partial charge in [-0.15, -0.1) is 0 Å². The molecule has 0 radical (unpaired) electrons. The van der Waals surface area contributed by atoms with Crippen molar-refractivity contribution in [1.82, 2.24) is 9.88 Å². The van der Waals surface area contributed by atoms with Crippen LogP contribution in [-0.2, 0) is 0 Å². The lowest BCUT2D eigenvalue weighted by Crippen LogP contribution is -2.42. The third kappa shape index (κ3) is 2.98. The fourth-order valence-corrected chi connectivity index (χ4v) is 2.51. The van der Waals surface area contributed by atoms with Gasteiger partial charge in [0, 0.05) is 19.1 Å². The van der Waals surface area contributed by atoms with Crippen molar-refractivity contribution in [3.8, 4) is 5.75 Å². The number of piperidine rings is 1. The number of hydrogen-bond donors (Lipinski definition) is 0. The molecule has 1 aliphatic rings. The zero-order valence-electron chi connectivity index (χ0n) is 12.1. The van der Waals surface area contributed by atoms with E-state index in [9.17, 15) is 10.1 Å². The molecule has 7 nitrogen and oxygen atoms in total. The monoisotopic (exact) mass is 280 g/mol. The van der Waals surface area contributed by atoms with Crippen LogP contribution in [0, 0.1) is 10.1 Å². The summed E-state index contributed by atoms with van der Waals surface area (Å²) in [5.41, 5.74) is -0.0474. The van der Waals surface area contributed by atoms with E-state index in [1.165, 1.54) is 19.4 Å². The lowest BCUT2D eigenvalue weighted by atomic mass is 10.0. The molecule has 0 atom stereocenters. The summed E-state index contributed by atoms with van der Waals surface area (Å²) in [5.74, 6) is 1.15. The van der Waals surface area contributed by atoms with Gasteiger partial charge in [-0.1, -0.05) is 0 Å². The van der Waals surface area contributed by atoms with Crippen LogP contribution in [0.5, 0.6) is 5.75 Å². The van der Waals surface area contributed by atoms with Crippen molar-refractivity contribution in [3.05, 3.63) is 22.4 Å². The van der Waals surface area contributed by atoms with Crippen LogP contribution < -0.4 is 9.64 Å². The molecule has 20 heavy (non-hydrogen) atoms. The number of hydrogen-bond acceptors (Lipinski definition) is 6. The summed E-state index contributed by atoms with van der Waals surface area (Å²) in [5, 5.41) is 10.8. The lowest BCUT2D eigenvalue weighted by Gasteiger charge is -2.36. The number of nitro groups is 1. The molecule has 2 heterocycles. The van der Waals surface area contributed by atoms with Gasteiger partial charge in [-0.25, -0.2) is 4.98 Å². The molecule has 0 aromatic carbocycles. The number of rotatable bonds is 4. The molecule has 0 bridgehead atoms. The first kappa shape index (κ1) is 14.5. The minimum Gasteiger partial charge on any atom is -0.493 e. The van der Waals surface area contributed by atoms with Gasteiger partial charge in [-0.05, 0) is 26.9 Å². The van der Waals surface area contributed by atoms with Crippen LogP contribution in [0.3, 0.4) is 0 Å². The van der Waals surface area contributed by atoms with Crippen LogP contribution in [0.15, 0.2) is 12.3 Å². The van der Waals surface area contributed by atoms with E-state index >= 15 is 0 Å². The molecule has 0 N–H and O–H groups in total. The summed E-state index contributed by atoms with van der Waals surface area (Å²) >= 11 is 0. The van der Waals surface area contributed by atoms with Gasteiger partial charge in [-0.3, -0.25) is 10.1 Å². The number of nitrogens with zero attached hydrogens (tertiary/aromatic N) is 4. The largest absolute Gasteiger partial charge is 0.493 e. The van der Waals surface area contributed by atoms with Crippen LogP contribution in [0.25, 0.3) is 0 Å². The molecule has 0 saturated carbocycles. The average molecular weight is 280 g/mol. The highest BCUT2D eigenvalue weighted by Gasteiger charge is 2.24. The summed E-state index contributed by atoms with van der Waals surface area (Å²) in [7, 11) is 5.69. The first-order chi connectivity index (χ1) is 9.52. The minimum absolute atomic E-state index is 0.0474. The Bertz CT molecular complexity index is 485. The third-order valence-corrected chi connectivity index (χ3v) is 3.74. The first-order valence-electron chi connectivity index (χ1n) is 6.62. The number of ether oxygens (including phenoxy) is 1. The molecule has 0 unspecified atom stereocenters. The van der Waals surface area contributed by atoms with Gasteiger partial charge in [0.2, 0.25) is 0 Å². The molecule has 1 saturated heterocycles. The van der Waals surface area contributed by atoms with E-state index in [0.717, 1.165) is 25.9 Å². The van der Waals surface area contributed by atoms with Crippen LogP contribution in [-0.4, -0.2) is 55.1 Å². The highest BCUT2D eigenvalue weighted by atomic mass is 16.6. The van der Waals surface area contributed by atoms with Crippen LogP contribution in [0.4, 0.5) is 11.5 Å². The molecule has 7 heteroatoms. The van der Waals surface area contributed by atoms with Crippen molar-refractivity contribution in [2.75, 3.05) is 39.2 Å². The van der Waals surface area contributed by atoms with Crippen molar-refractivity contribution in [1.29, 1.82) is 0 Å². The van der Waals surface area contributed by atoms with Crippen LogP contribution in [0.2, 0.25) is 0 Å². The normalized spacial score (nSPS) is 16.5. The first-order valence-corrected chi connectivity index (χ1v) is 6.62. The Morgan fingerprint density at radius 3 is 2.60 bits per heavy atom. The van der Waals surface area contributed by atoms with Gasteiger partial charge in [0.05, 0.1) is 18.1 Å². The number of anilines is 1. The predicted molar refractivity (Wildman–Crippen MR) is 76.4 cm³/mol. The number of methoxy groups -OCH3 is 1. The third-order valence-electron chi connectivity index (χ3n) is 3.74. The highest BCUT2D eigenvalue weighted by Crippen LogP contribution is 2.31. The Labute approximate surface area is 118 Å². The van der Waals surface area contributed by atoms with Crippen molar-refractivity contribution in [2.24, 2.45) is 0 Å². The van der Waals surface area contributed by atoms with E-state index in [1.807, 2.05) is 0 Å². The fraction of sp³-hybridized carbons (Fsp3) is 0.615. The summed E-state index contributed by atoms with van der Waals surface area (Å²) < 4.78 is 5.24. The fourth-order valence-electron chi connectivity index (χ4n) is 2.51. The van der Waals surface area contributed by atoms with E-state index in [1.54, 1.807) is 0 Å². The topological polar surface area (TPSA) is 71.7 Å². The molecule has 2 rings (SSSR count).